The molecule has 0 atom stereocenters. The topological polar surface area (TPSA) is 23.6 Å². The normalized spacial score (nSPS) is 17.5. The zero-order chi connectivity index (χ0) is 16.4. The number of fused-ring (bicyclic) bond motifs is 1. The van der Waals surface area contributed by atoms with Crippen LogP contribution in [0.25, 0.3) is 5.57 Å². The molecule has 0 fully saturated rings. The molecule has 0 N–H and O–H groups in total. The molecule has 1 amide bonds. The summed E-state index contributed by atoms with van der Waals surface area (Å²) >= 11 is 0. The molecule has 0 aromatic heterocycles. The van der Waals surface area contributed by atoms with E-state index in [1.54, 1.807) is 0 Å². The van der Waals surface area contributed by atoms with Crippen LogP contribution >= 0.6 is 0 Å². The smallest absolute Gasteiger partial charge is 0.241 e. The third-order valence-electron chi connectivity index (χ3n) is 4.98. The van der Waals surface area contributed by atoms with E-state index in [4.69, 9.17) is 0 Å². The molecule has 3 heteroatoms. The van der Waals surface area contributed by atoms with Gasteiger partial charge < -0.3 is 4.90 Å². The van der Waals surface area contributed by atoms with E-state index in [0.717, 1.165) is 38.2 Å². The fourth-order valence-corrected chi connectivity index (χ4v) is 3.64. The number of rotatable bonds is 3. The highest BCUT2D eigenvalue weighted by Gasteiger charge is 2.26. The molecule has 0 saturated heterocycles. The lowest BCUT2D eigenvalue weighted by molar-refractivity contribution is -0.119. The molecule has 0 saturated carbocycles. The van der Waals surface area contributed by atoms with Crippen molar-refractivity contribution in [1.29, 1.82) is 0 Å². The number of amides is 1. The molecular formula is C21H22N2O. The number of nitrogens with zero attached hydrogens (tertiary/aromatic N) is 2. The van der Waals surface area contributed by atoms with E-state index in [2.05, 4.69) is 47.4 Å². The van der Waals surface area contributed by atoms with Crippen LogP contribution in [-0.4, -0.2) is 37.0 Å². The van der Waals surface area contributed by atoms with Gasteiger partial charge in [-0.2, -0.15) is 0 Å². The Bertz CT molecular complexity index is 766. The minimum absolute atomic E-state index is 0.219. The van der Waals surface area contributed by atoms with Gasteiger partial charge >= 0.3 is 0 Å². The van der Waals surface area contributed by atoms with Crippen molar-refractivity contribution in [2.75, 3.05) is 31.1 Å². The first-order chi connectivity index (χ1) is 11.8. The van der Waals surface area contributed by atoms with E-state index in [0.29, 0.717) is 6.54 Å². The molecule has 0 spiro atoms. The Morgan fingerprint density at radius 1 is 0.917 bits per heavy atom. The Kier molecular flexibility index (Phi) is 4.18. The Morgan fingerprint density at radius 2 is 1.71 bits per heavy atom. The van der Waals surface area contributed by atoms with E-state index >= 15 is 0 Å². The predicted octanol–water partition coefficient (Wildman–Crippen LogP) is 3.37. The highest BCUT2D eigenvalue weighted by atomic mass is 16.2. The second-order valence-corrected chi connectivity index (χ2v) is 6.50. The second-order valence-electron chi connectivity index (χ2n) is 6.50. The number of anilines is 1. The maximum Gasteiger partial charge on any atom is 0.241 e. The van der Waals surface area contributed by atoms with Crippen LogP contribution in [0.15, 0.2) is 60.7 Å². The SMILES string of the molecule is O=C(CN1CC=C(c2ccccc2)CC1)N1CCc2ccccc21. The molecule has 122 valence electrons. The minimum atomic E-state index is 0.219. The van der Waals surface area contributed by atoms with E-state index in [1.807, 2.05) is 23.1 Å². The first-order valence-corrected chi connectivity index (χ1v) is 8.66. The highest BCUT2D eigenvalue weighted by molar-refractivity contribution is 5.96. The molecule has 0 aliphatic carbocycles. The molecule has 2 aliphatic rings. The number of hydrogen-bond donors (Lipinski definition) is 0. The Balaban J connectivity index is 1.39. The largest absolute Gasteiger partial charge is 0.311 e. The summed E-state index contributed by atoms with van der Waals surface area (Å²) in [4.78, 5) is 16.9. The number of carbonyl (C=O) groups is 1. The van der Waals surface area contributed by atoms with Crippen LogP contribution in [0, 0.1) is 0 Å². The number of hydrogen-bond acceptors (Lipinski definition) is 2. The van der Waals surface area contributed by atoms with Gasteiger partial charge in [0, 0.05) is 25.3 Å². The number of para-hydroxylation sites is 1. The maximum atomic E-state index is 12.7. The first-order valence-electron chi connectivity index (χ1n) is 8.66. The summed E-state index contributed by atoms with van der Waals surface area (Å²) in [6.07, 6.45) is 4.25. The summed E-state index contributed by atoms with van der Waals surface area (Å²) in [6, 6.07) is 18.8. The summed E-state index contributed by atoms with van der Waals surface area (Å²) in [5.41, 5.74) is 5.08. The minimum Gasteiger partial charge on any atom is -0.311 e. The fraction of sp³-hybridized carbons (Fsp3) is 0.286. The molecular weight excluding hydrogens is 296 g/mol. The lowest BCUT2D eigenvalue weighted by Crippen LogP contribution is -2.41. The summed E-state index contributed by atoms with van der Waals surface area (Å²) in [6.45, 7) is 3.12. The van der Waals surface area contributed by atoms with Crippen molar-refractivity contribution in [3.63, 3.8) is 0 Å². The van der Waals surface area contributed by atoms with Crippen molar-refractivity contribution >= 4 is 17.2 Å². The van der Waals surface area contributed by atoms with Gasteiger partial charge in [-0.1, -0.05) is 54.6 Å². The summed E-state index contributed by atoms with van der Waals surface area (Å²) in [5.74, 6) is 0.219. The lowest BCUT2D eigenvalue weighted by atomic mass is 9.99. The molecule has 0 bridgehead atoms. The highest BCUT2D eigenvalue weighted by Crippen LogP contribution is 2.28. The third-order valence-corrected chi connectivity index (χ3v) is 4.98. The number of carbonyl (C=O) groups excluding carboxylic acids is 1. The molecule has 2 heterocycles. The Labute approximate surface area is 143 Å². The molecule has 0 unspecified atom stereocenters. The van der Waals surface area contributed by atoms with Crippen LogP contribution in [0.5, 0.6) is 0 Å². The second kappa shape index (κ2) is 6.62. The van der Waals surface area contributed by atoms with E-state index in [-0.39, 0.29) is 5.91 Å². The van der Waals surface area contributed by atoms with Crippen molar-refractivity contribution in [1.82, 2.24) is 4.90 Å². The molecule has 0 radical (unpaired) electrons. The van der Waals surface area contributed by atoms with Gasteiger partial charge in [-0.15, -0.1) is 0 Å². The van der Waals surface area contributed by atoms with Gasteiger partial charge in [-0.25, -0.2) is 0 Å². The average molecular weight is 318 g/mol. The third kappa shape index (κ3) is 3.00. The molecule has 3 nitrogen and oxygen atoms in total. The van der Waals surface area contributed by atoms with Crippen molar-refractivity contribution < 1.29 is 4.79 Å². The van der Waals surface area contributed by atoms with Crippen LogP contribution in [0.2, 0.25) is 0 Å². The van der Waals surface area contributed by atoms with Gasteiger partial charge in [0.05, 0.1) is 6.54 Å². The standard InChI is InChI=1S/C21H22N2O/c24-21(23-15-12-19-8-4-5-9-20(19)23)16-22-13-10-18(11-14-22)17-6-2-1-3-7-17/h1-10H,11-16H2. The summed E-state index contributed by atoms with van der Waals surface area (Å²) < 4.78 is 0. The van der Waals surface area contributed by atoms with Crippen molar-refractivity contribution in [2.45, 2.75) is 12.8 Å². The monoisotopic (exact) mass is 318 g/mol. The van der Waals surface area contributed by atoms with Crippen LogP contribution in [0.4, 0.5) is 5.69 Å². The predicted molar refractivity (Wildman–Crippen MR) is 98.0 cm³/mol. The molecule has 2 aliphatic heterocycles. The quantitative estimate of drug-likeness (QED) is 0.866. The van der Waals surface area contributed by atoms with E-state index < -0.39 is 0 Å². The molecule has 24 heavy (non-hydrogen) atoms. The van der Waals surface area contributed by atoms with Crippen LogP contribution in [-0.2, 0) is 11.2 Å². The zero-order valence-corrected chi connectivity index (χ0v) is 13.8. The molecule has 2 aromatic carbocycles. The maximum absolute atomic E-state index is 12.7. The Hall–Kier alpha value is -2.39. The van der Waals surface area contributed by atoms with Crippen molar-refractivity contribution in [2.24, 2.45) is 0 Å². The van der Waals surface area contributed by atoms with Gasteiger partial charge in [0.2, 0.25) is 5.91 Å². The van der Waals surface area contributed by atoms with Crippen LogP contribution < -0.4 is 4.90 Å². The summed E-state index contributed by atoms with van der Waals surface area (Å²) in [7, 11) is 0. The fourth-order valence-electron chi connectivity index (χ4n) is 3.64. The van der Waals surface area contributed by atoms with Gasteiger partial charge in [0.1, 0.15) is 0 Å². The lowest BCUT2D eigenvalue weighted by Gasteiger charge is -2.28. The number of benzene rings is 2. The molecule has 2 aromatic rings. The summed E-state index contributed by atoms with van der Waals surface area (Å²) in [5, 5.41) is 0. The van der Waals surface area contributed by atoms with Crippen LogP contribution in [0.1, 0.15) is 17.5 Å². The van der Waals surface area contributed by atoms with Gasteiger partial charge in [0.15, 0.2) is 0 Å². The van der Waals surface area contributed by atoms with E-state index in [1.165, 1.54) is 16.7 Å². The first kappa shape index (κ1) is 15.2. The van der Waals surface area contributed by atoms with Gasteiger partial charge in [0.25, 0.3) is 0 Å². The average Bonchev–Trinajstić information content (AvgIpc) is 3.07. The van der Waals surface area contributed by atoms with Crippen molar-refractivity contribution in [3.05, 3.63) is 71.8 Å². The molecule has 4 rings (SSSR count). The Morgan fingerprint density at radius 3 is 2.50 bits per heavy atom. The van der Waals surface area contributed by atoms with Gasteiger partial charge in [-0.05, 0) is 35.6 Å². The van der Waals surface area contributed by atoms with Crippen LogP contribution in [0.3, 0.4) is 0 Å². The van der Waals surface area contributed by atoms with Crippen molar-refractivity contribution in [3.8, 4) is 0 Å². The van der Waals surface area contributed by atoms with E-state index in [9.17, 15) is 4.79 Å². The van der Waals surface area contributed by atoms with Gasteiger partial charge in [-0.3, -0.25) is 9.69 Å². The zero-order valence-electron chi connectivity index (χ0n) is 13.8.